The van der Waals surface area contributed by atoms with Crippen molar-refractivity contribution in [2.24, 2.45) is 11.7 Å². The molecule has 20 heavy (non-hydrogen) atoms. The van der Waals surface area contributed by atoms with Crippen LogP contribution in [0.5, 0.6) is 0 Å². The number of nitrogens with two attached hydrogens (primary N) is 1. The standard InChI is InChI=1S/C15H23FN2O2/c1-11(2)9-18(15(20)7-8-17)10-14(19)12-3-5-13(16)6-4-12/h3-6,11,14,19H,7-10,17H2,1-2H3. The van der Waals surface area contributed by atoms with Gasteiger partial charge in [-0.05, 0) is 23.6 Å². The molecule has 0 fully saturated rings. The Balaban J connectivity index is 2.72. The smallest absolute Gasteiger partial charge is 0.223 e. The van der Waals surface area contributed by atoms with E-state index >= 15 is 0 Å². The Kier molecular flexibility index (Phi) is 6.61. The van der Waals surface area contributed by atoms with Crippen LogP contribution < -0.4 is 5.73 Å². The van der Waals surface area contributed by atoms with E-state index in [9.17, 15) is 14.3 Å². The van der Waals surface area contributed by atoms with Crippen LogP contribution in [0, 0.1) is 11.7 Å². The summed E-state index contributed by atoms with van der Waals surface area (Å²) in [5.41, 5.74) is 6.00. The van der Waals surface area contributed by atoms with Crippen LogP contribution in [0.4, 0.5) is 4.39 Å². The van der Waals surface area contributed by atoms with Gasteiger partial charge in [-0.1, -0.05) is 26.0 Å². The van der Waals surface area contributed by atoms with Gasteiger partial charge >= 0.3 is 0 Å². The molecule has 0 bridgehead atoms. The van der Waals surface area contributed by atoms with Crippen molar-refractivity contribution in [1.82, 2.24) is 4.90 Å². The van der Waals surface area contributed by atoms with Gasteiger partial charge in [0.15, 0.2) is 0 Å². The summed E-state index contributed by atoms with van der Waals surface area (Å²) in [6.07, 6.45) is -0.556. The first-order valence-electron chi connectivity index (χ1n) is 6.85. The van der Waals surface area contributed by atoms with Crippen molar-refractivity contribution < 1.29 is 14.3 Å². The summed E-state index contributed by atoms with van der Waals surface area (Å²) >= 11 is 0. The molecule has 0 aliphatic rings. The Morgan fingerprint density at radius 3 is 2.40 bits per heavy atom. The van der Waals surface area contributed by atoms with E-state index in [0.717, 1.165) is 0 Å². The fourth-order valence-corrected chi connectivity index (χ4v) is 2.00. The number of carbonyl (C=O) groups excluding carboxylic acids is 1. The van der Waals surface area contributed by atoms with Gasteiger partial charge in [-0.25, -0.2) is 4.39 Å². The zero-order valence-electron chi connectivity index (χ0n) is 12.1. The maximum Gasteiger partial charge on any atom is 0.223 e. The van der Waals surface area contributed by atoms with Crippen molar-refractivity contribution in [1.29, 1.82) is 0 Å². The molecule has 0 spiro atoms. The minimum atomic E-state index is -0.823. The van der Waals surface area contributed by atoms with E-state index < -0.39 is 6.10 Å². The van der Waals surface area contributed by atoms with Crippen molar-refractivity contribution in [3.8, 4) is 0 Å². The van der Waals surface area contributed by atoms with E-state index in [0.29, 0.717) is 24.6 Å². The van der Waals surface area contributed by atoms with Crippen LogP contribution in [0.2, 0.25) is 0 Å². The lowest BCUT2D eigenvalue weighted by atomic mass is 10.1. The lowest BCUT2D eigenvalue weighted by Gasteiger charge is -2.27. The van der Waals surface area contributed by atoms with Gasteiger partial charge in [-0.3, -0.25) is 4.79 Å². The normalized spacial score (nSPS) is 12.5. The summed E-state index contributed by atoms with van der Waals surface area (Å²) in [5, 5.41) is 10.2. The van der Waals surface area contributed by atoms with Crippen molar-refractivity contribution >= 4 is 5.91 Å². The molecule has 0 saturated heterocycles. The monoisotopic (exact) mass is 282 g/mol. The molecule has 0 radical (unpaired) electrons. The summed E-state index contributed by atoms with van der Waals surface area (Å²) in [4.78, 5) is 13.6. The predicted octanol–water partition coefficient (Wildman–Crippen LogP) is 1.69. The fraction of sp³-hybridized carbons (Fsp3) is 0.533. The Bertz CT molecular complexity index is 420. The van der Waals surface area contributed by atoms with E-state index in [2.05, 4.69) is 0 Å². The zero-order chi connectivity index (χ0) is 15.1. The molecule has 0 aromatic heterocycles. The lowest BCUT2D eigenvalue weighted by Crippen LogP contribution is -2.38. The molecule has 1 unspecified atom stereocenters. The van der Waals surface area contributed by atoms with E-state index in [-0.39, 0.29) is 24.7 Å². The average Bonchev–Trinajstić information content (AvgIpc) is 2.38. The largest absolute Gasteiger partial charge is 0.387 e. The maximum atomic E-state index is 12.9. The number of carbonyl (C=O) groups is 1. The molecule has 1 rings (SSSR count). The van der Waals surface area contributed by atoms with Crippen molar-refractivity contribution in [2.75, 3.05) is 19.6 Å². The molecule has 0 aliphatic carbocycles. The van der Waals surface area contributed by atoms with Crippen molar-refractivity contribution in [2.45, 2.75) is 26.4 Å². The quantitative estimate of drug-likeness (QED) is 0.800. The van der Waals surface area contributed by atoms with Crippen LogP contribution in [0.25, 0.3) is 0 Å². The molecule has 1 aromatic carbocycles. The second-order valence-corrected chi connectivity index (χ2v) is 5.30. The van der Waals surface area contributed by atoms with Gasteiger partial charge < -0.3 is 15.7 Å². The Labute approximate surface area is 119 Å². The van der Waals surface area contributed by atoms with E-state index in [1.807, 2.05) is 13.8 Å². The summed E-state index contributed by atoms with van der Waals surface area (Å²) in [6, 6.07) is 5.65. The second-order valence-electron chi connectivity index (χ2n) is 5.30. The van der Waals surface area contributed by atoms with Crippen LogP contribution in [-0.2, 0) is 4.79 Å². The van der Waals surface area contributed by atoms with E-state index in [1.165, 1.54) is 24.3 Å². The summed E-state index contributed by atoms with van der Waals surface area (Å²) in [6.45, 7) is 5.07. The van der Waals surface area contributed by atoms with Gasteiger partial charge in [0.2, 0.25) is 5.91 Å². The molecule has 1 atom stereocenters. The Hall–Kier alpha value is -1.46. The first kappa shape index (κ1) is 16.6. The second kappa shape index (κ2) is 7.97. The molecule has 4 nitrogen and oxygen atoms in total. The van der Waals surface area contributed by atoms with E-state index in [1.54, 1.807) is 4.90 Å². The highest BCUT2D eigenvalue weighted by molar-refractivity contribution is 5.76. The van der Waals surface area contributed by atoms with Crippen LogP contribution in [0.15, 0.2) is 24.3 Å². The summed E-state index contributed by atoms with van der Waals surface area (Å²) in [7, 11) is 0. The highest BCUT2D eigenvalue weighted by Gasteiger charge is 2.19. The molecule has 0 aliphatic heterocycles. The molecule has 5 heteroatoms. The van der Waals surface area contributed by atoms with Crippen molar-refractivity contribution in [3.63, 3.8) is 0 Å². The number of benzene rings is 1. The number of rotatable bonds is 7. The van der Waals surface area contributed by atoms with Gasteiger partial charge in [0, 0.05) is 19.5 Å². The number of aliphatic hydroxyl groups excluding tert-OH is 1. The Morgan fingerprint density at radius 1 is 1.30 bits per heavy atom. The van der Waals surface area contributed by atoms with Crippen molar-refractivity contribution in [3.05, 3.63) is 35.6 Å². The summed E-state index contributed by atoms with van der Waals surface area (Å²) in [5.74, 6) is -0.112. The zero-order valence-corrected chi connectivity index (χ0v) is 12.1. The topological polar surface area (TPSA) is 66.6 Å². The molecule has 0 heterocycles. The van der Waals surface area contributed by atoms with E-state index in [4.69, 9.17) is 5.73 Å². The van der Waals surface area contributed by atoms with Crippen LogP contribution in [0.3, 0.4) is 0 Å². The molecule has 1 aromatic rings. The lowest BCUT2D eigenvalue weighted by molar-refractivity contribution is -0.133. The molecular weight excluding hydrogens is 259 g/mol. The molecule has 112 valence electrons. The average molecular weight is 282 g/mol. The predicted molar refractivity (Wildman–Crippen MR) is 76.4 cm³/mol. The van der Waals surface area contributed by atoms with Gasteiger partial charge in [0.25, 0.3) is 0 Å². The number of hydrogen-bond acceptors (Lipinski definition) is 3. The number of aliphatic hydroxyl groups is 1. The minimum absolute atomic E-state index is 0.0673. The van der Waals surface area contributed by atoms with Gasteiger partial charge in [-0.15, -0.1) is 0 Å². The number of amides is 1. The third-order valence-electron chi connectivity index (χ3n) is 2.94. The highest BCUT2D eigenvalue weighted by Crippen LogP contribution is 2.16. The van der Waals surface area contributed by atoms with Gasteiger partial charge in [0.05, 0.1) is 12.6 Å². The van der Waals surface area contributed by atoms with Gasteiger partial charge in [0.1, 0.15) is 5.82 Å². The van der Waals surface area contributed by atoms with Gasteiger partial charge in [-0.2, -0.15) is 0 Å². The first-order chi connectivity index (χ1) is 9.43. The third-order valence-corrected chi connectivity index (χ3v) is 2.94. The number of hydrogen-bond donors (Lipinski definition) is 2. The first-order valence-corrected chi connectivity index (χ1v) is 6.85. The third kappa shape index (κ3) is 5.27. The van der Waals surface area contributed by atoms with Crippen LogP contribution in [0.1, 0.15) is 31.9 Å². The minimum Gasteiger partial charge on any atom is -0.387 e. The summed E-state index contributed by atoms with van der Waals surface area (Å²) < 4.78 is 12.9. The number of halogens is 1. The highest BCUT2D eigenvalue weighted by atomic mass is 19.1. The van der Waals surface area contributed by atoms with Crippen LogP contribution >= 0.6 is 0 Å². The fourth-order valence-electron chi connectivity index (χ4n) is 2.00. The SMILES string of the molecule is CC(C)CN(CC(O)c1ccc(F)cc1)C(=O)CCN. The molecular formula is C15H23FN2O2. The molecule has 0 saturated carbocycles. The Morgan fingerprint density at radius 2 is 1.90 bits per heavy atom. The van der Waals surface area contributed by atoms with Crippen LogP contribution in [-0.4, -0.2) is 35.5 Å². The maximum absolute atomic E-state index is 12.9. The number of nitrogens with zero attached hydrogens (tertiary/aromatic N) is 1. The molecule has 1 amide bonds. The molecule has 3 N–H and O–H groups in total.